The van der Waals surface area contributed by atoms with E-state index >= 15 is 0 Å². The van der Waals surface area contributed by atoms with Crippen molar-refractivity contribution in [2.75, 3.05) is 0 Å². The van der Waals surface area contributed by atoms with Crippen molar-refractivity contribution in [3.05, 3.63) is 164 Å². The van der Waals surface area contributed by atoms with Crippen LogP contribution in [-0.2, 0) is 0 Å². The summed E-state index contributed by atoms with van der Waals surface area (Å²) in [6.45, 7) is 0. The lowest BCUT2D eigenvalue weighted by Gasteiger charge is -2.12. The average Bonchev–Trinajstić information content (AvgIpc) is 3.77. The van der Waals surface area contributed by atoms with Gasteiger partial charge in [-0.2, -0.15) is 0 Å². The molecule has 10 rings (SSSR count). The van der Waals surface area contributed by atoms with Gasteiger partial charge >= 0.3 is 0 Å². The van der Waals surface area contributed by atoms with Gasteiger partial charge in [-0.3, -0.25) is 0 Å². The maximum Gasteiger partial charge on any atom is 0.227 e. The minimum atomic E-state index is 0.593. The van der Waals surface area contributed by atoms with Crippen molar-refractivity contribution in [3.63, 3.8) is 0 Å². The Bertz CT molecular complexity index is 2800. The van der Waals surface area contributed by atoms with Gasteiger partial charge in [-0.15, -0.1) is 0 Å². The van der Waals surface area contributed by atoms with E-state index in [0.717, 1.165) is 66.2 Å². The summed E-state index contributed by atoms with van der Waals surface area (Å²) in [7, 11) is 0. The van der Waals surface area contributed by atoms with E-state index in [2.05, 4.69) is 77.4 Å². The fourth-order valence-electron chi connectivity index (χ4n) is 6.86. The molecular formula is C44H27N5O. The maximum atomic E-state index is 6.64. The summed E-state index contributed by atoms with van der Waals surface area (Å²) in [6.07, 6.45) is 0. The van der Waals surface area contributed by atoms with Crippen molar-refractivity contribution in [2.24, 2.45) is 0 Å². The van der Waals surface area contributed by atoms with Gasteiger partial charge in [0.25, 0.3) is 0 Å². The van der Waals surface area contributed by atoms with E-state index in [1.54, 1.807) is 0 Å². The molecule has 6 nitrogen and oxygen atoms in total. The Balaban J connectivity index is 1.23. The summed E-state index contributed by atoms with van der Waals surface area (Å²) in [5.41, 5.74) is 8.22. The molecule has 0 aliphatic carbocycles. The fraction of sp³-hybridized carbons (Fsp3) is 0. The van der Waals surface area contributed by atoms with Crippen LogP contribution in [-0.4, -0.2) is 24.5 Å². The van der Waals surface area contributed by atoms with E-state index in [9.17, 15) is 0 Å². The first kappa shape index (κ1) is 28.1. The molecule has 234 valence electrons. The second-order valence-electron chi connectivity index (χ2n) is 12.3. The third-order valence-electron chi connectivity index (χ3n) is 9.23. The lowest BCUT2D eigenvalue weighted by molar-refractivity contribution is 0.622. The molecule has 0 aliphatic heterocycles. The lowest BCUT2D eigenvalue weighted by atomic mass is 10.1. The number of hydrogen-bond donors (Lipinski definition) is 0. The SMILES string of the molecule is c1ccc(-c2nc(-c3ccccc3)nc(-c3cccc(-n4c5cc6ccccc6cc5c5ccc6nc(-c7ccccc7)oc6c54)c3)n2)cc1. The van der Waals surface area contributed by atoms with Crippen LogP contribution in [0.4, 0.5) is 0 Å². The van der Waals surface area contributed by atoms with Crippen LogP contribution in [0, 0.1) is 0 Å². The summed E-state index contributed by atoms with van der Waals surface area (Å²) in [5, 5.41) is 4.58. The molecule has 0 atom stereocenters. The van der Waals surface area contributed by atoms with Gasteiger partial charge in [-0.05, 0) is 59.3 Å². The topological polar surface area (TPSA) is 69.6 Å². The molecule has 0 N–H and O–H groups in total. The molecule has 0 aliphatic rings. The predicted octanol–water partition coefficient (Wildman–Crippen LogP) is 10.9. The van der Waals surface area contributed by atoms with E-state index in [-0.39, 0.29) is 0 Å². The number of benzene rings is 7. The van der Waals surface area contributed by atoms with Gasteiger partial charge in [0, 0.05) is 38.7 Å². The highest BCUT2D eigenvalue weighted by Crippen LogP contribution is 2.40. The zero-order valence-corrected chi connectivity index (χ0v) is 26.7. The molecule has 7 aromatic carbocycles. The Labute approximate surface area is 287 Å². The van der Waals surface area contributed by atoms with E-state index in [4.69, 9.17) is 24.4 Å². The van der Waals surface area contributed by atoms with Crippen molar-refractivity contribution in [2.45, 2.75) is 0 Å². The lowest BCUT2D eigenvalue weighted by Crippen LogP contribution is -2.01. The summed E-state index contributed by atoms with van der Waals surface area (Å²) in [4.78, 5) is 19.9. The second kappa shape index (κ2) is 11.4. The smallest absolute Gasteiger partial charge is 0.227 e. The number of hydrogen-bond acceptors (Lipinski definition) is 5. The van der Waals surface area contributed by atoms with Crippen molar-refractivity contribution >= 4 is 43.7 Å². The van der Waals surface area contributed by atoms with Crippen molar-refractivity contribution in [1.29, 1.82) is 0 Å². The average molecular weight is 642 g/mol. The van der Waals surface area contributed by atoms with Crippen molar-refractivity contribution in [1.82, 2.24) is 24.5 Å². The summed E-state index contributed by atoms with van der Waals surface area (Å²) in [6, 6.07) is 55.8. The Morgan fingerprint density at radius 1 is 0.420 bits per heavy atom. The van der Waals surface area contributed by atoms with Gasteiger partial charge in [0.15, 0.2) is 23.1 Å². The van der Waals surface area contributed by atoms with E-state index in [1.807, 2.05) is 91.0 Å². The van der Waals surface area contributed by atoms with Crippen molar-refractivity contribution < 1.29 is 4.42 Å². The summed E-state index contributed by atoms with van der Waals surface area (Å²) < 4.78 is 8.93. The molecule has 0 unspecified atom stereocenters. The third kappa shape index (κ3) is 4.65. The molecule has 0 saturated carbocycles. The van der Waals surface area contributed by atoms with Crippen LogP contribution >= 0.6 is 0 Å². The molecule has 0 amide bonds. The normalized spacial score (nSPS) is 11.6. The van der Waals surface area contributed by atoms with Gasteiger partial charge in [0.05, 0.1) is 11.0 Å². The van der Waals surface area contributed by atoms with Crippen LogP contribution in [0.15, 0.2) is 168 Å². The molecular weight excluding hydrogens is 615 g/mol. The highest BCUT2D eigenvalue weighted by atomic mass is 16.3. The van der Waals surface area contributed by atoms with Crippen LogP contribution in [0.2, 0.25) is 0 Å². The standard InChI is InChI=1S/C44H27N5O/c1-4-13-28(14-5-1)41-46-42(29-15-6-2-7-16-29)48-43(47-41)33-21-12-22-34(25-33)49-38-27-32-20-11-10-19-31(32)26-36(38)35-23-24-37-40(39(35)49)50-44(45-37)30-17-8-3-9-18-30/h1-27H. The Hall–Kier alpha value is -6.92. The van der Waals surface area contributed by atoms with Crippen LogP contribution in [0.1, 0.15) is 0 Å². The molecule has 3 heterocycles. The largest absolute Gasteiger partial charge is 0.434 e. The minimum Gasteiger partial charge on any atom is -0.434 e. The molecule has 0 spiro atoms. The van der Waals surface area contributed by atoms with Crippen LogP contribution < -0.4 is 0 Å². The third-order valence-corrected chi connectivity index (χ3v) is 9.23. The molecule has 0 fully saturated rings. The van der Waals surface area contributed by atoms with Crippen molar-refractivity contribution in [3.8, 4) is 51.3 Å². The van der Waals surface area contributed by atoms with E-state index < -0.39 is 0 Å². The number of fused-ring (bicyclic) bond motifs is 6. The van der Waals surface area contributed by atoms with Gasteiger partial charge in [0.2, 0.25) is 5.89 Å². The first-order chi connectivity index (χ1) is 24.8. The second-order valence-corrected chi connectivity index (χ2v) is 12.3. The predicted molar refractivity (Wildman–Crippen MR) is 201 cm³/mol. The van der Waals surface area contributed by atoms with Gasteiger partial charge < -0.3 is 8.98 Å². The molecule has 0 radical (unpaired) electrons. The Kier molecular flexibility index (Phi) is 6.39. The molecule has 0 bridgehead atoms. The Morgan fingerprint density at radius 2 is 0.980 bits per heavy atom. The highest BCUT2D eigenvalue weighted by molar-refractivity contribution is 6.19. The van der Waals surface area contributed by atoms with Gasteiger partial charge in [-0.1, -0.05) is 115 Å². The van der Waals surface area contributed by atoms with E-state index in [0.29, 0.717) is 23.4 Å². The van der Waals surface area contributed by atoms with Gasteiger partial charge in [0.1, 0.15) is 5.52 Å². The zero-order valence-electron chi connectivity index (χ0n) is 26.7. The first-order valence-electron chi connectivity index (χ1n) is 16.6. The van der Waals surface area contributed by atoms with Crippen LogP contribution in [0.5, 0.6) is 0 Å². The number of nitrogens with zero attached hydrogens (tertiary/aromatic N) is 5. The molecule has 50 heavy (non-hydrogen) atoms. The highest BCUT2D eigenvalue weighted by Gasteiger charge is 2.21. The number of rotatable bonds is 5. The zero-order chi connectivity index (χ0) is 33.0. The molecule has 10 aromatic rings. The fourth-order valence-corrected chi connectivity index (χ4v) is 6.86. The maximum absolute atomic E-state index is 6.64. The summed E-state index contributed by atoms with van der Waals surface area (Å²) in [5.74, 6) is 2.44. The number of aromatic nitrogens is 5. The molecule has 6 heteroatoms. The summed E-state index contributed by atoms with van der Waals surface area (Å²) >= 11 is 0. The van der Waals surface area contributed by atoms with Crippen LogP contribution in [0.25, 0.3) is 95.0 Å². The Morgan fingerprint density at radius 3 is 1.64 bits per heavy atom. The molecule has 0 saturated heterocycles. The minimum absolute atomic E-state index is 0.593. The van der Waals surface area contributed by atoms with E-state index in [1.165, 1.54) is 5.39 Å². The monoisotopic (exact) mass is 641 g/mol. The van der Waals surface area contributed by atoms with Gasteiger partial charge in [-0.25, -0.2) is 19.9 Å². The van der Waals surface area contributed by atoms with Crippen LogP contribution in [0.3, 0.4) is 0 Å². The first-order valence-corrected chi connectivity index (χ1v) is 16.6. The quantitative estimate of drug-likeness (QED) is 0.187. The molecule has 3 aromatic heterocycles. The number of oxazole rings is 1.